The Morgan fingerprint density at radius 2 is 1.91 bits per heavy atom. The Kier molecular flexibility index (Phi) is 7.36. The first-order valence-corrected chi connectivity index (χ1v) is 11.4. The molecule has 0 bridgehead atoms. The normalized spacial score (nSPS) is 40.9. The first-order chi connectivity index (χ1) is 16.6. The third-order valence-corrected chi connectivity index (χ3v) is 6.85. The Bertz CT molecular complexity index is 936. The van der Waals surface area contributed by atoms with Gasteiger partial charge in [0.2, 0.25) is 18.0 Å². The van der Waals surface area contributed by atoms with Gasteiger partial charge in [-0.15, -0.1) is 0 Å². The molecule has 0 spiro atoms. The van der Waals surface area contributed by atoms with E-state index < -0.39 is 71.6 Å². The highest BCUT2D eigenvalue weighted by Crippen LogP contribution is 2.42. The van der Waals surface area contributed by atoms with Crippen LogP contribution in [0.5, 0.6) is 0 Å². The number of rotatable bonds is 6. The molecule has 2 aliphatic heterocycles. The first-order valence-electron chi connectivity index (χ1n) is 11.4. The summed E-state index contributed by atoms with van der Waals surface area (Å²) < 4.78 is 17.8. The molecule has 1 aromatic heterocycles. The van der Waals surface area contributed by atoms with E-state index in [2.05, 4.69) is 20.9 Å². The number of carbonyl (C=O) groups is 1. The van der Waals surface area contributed by atoms with Gasteiger partial charge in [0, 0.05) is 6.07 Å². The molecule has 6 N–H and O–H groups in total. The minimum Gasteiger partial charge on any atom is -0.390 e. The number of hydrogen-bond acceptors (Lipinski definition) is 12. The summed E-state index contributed by atoms with van der Waals surface area (Å²) in [5.74, 6) is -2.60. The number of aliphatic hydroxyl groups excluding tert-OH is 2. The van der Waals surface area contributed by atoms with Gasteiger partial charge in [-0.25, -0.2) is 0 Å². The van der Waals surface area contributed by atoms with Gasteiger partial charge in [0.25, 0.3) is 5.69 Å². The van der Waals surface area contributed by atoms with Gasteiger partial charge in [-0.2, -0.15) is 0 Å². The molecule has 1 amide bonds. The highest BCUT2D eigenvalue weighted by Gasteiger charge is 2.63. The molecule has 0 aromatic carbocycles. The summed E-state index contributed by atoms with van der Waals surface area (Å²) in [6.07, 6.45) is -4.75. The smallest absolute Gasteiger partial charge is 0.287 e. The number of fused-ring (bicyclic) bond motifs is 2. The van der Waals surface area contributed by atoms with Crippen molar-refractivity contribution in [3.8, 4) is 0 Å². The molecule has 194 valence electrons. The minimum absolute atomic E-state index is 0.183. The van der Waals surface area contributed by atoms with E-state index in [0.29, 0.717) is 5.69 Å². The average Bonchev–Trinajstić information content (AvgIpc) is 2.80. The summed E-state index contributed by atoms with van der Waals surface area (Å²) in [7, 11) is 3.22. The summed E-state index contributed by atoms with van der Waals surface area (Å²) in [4.78, 5) is 26.9. The Labute approximate surface area is 201 Å². The first kappa shape index (κ1) is 25.8. The summed E-state index contributed by atoms with van der Waals surface area (Å²) >= 11 is 0. The van der Waals surface area contributed by atoms with E-state index >= 15 is 0 Å². The number of aromatic nitrogens is 1. The number of pyridine rings is 1. The van der Waals surface area contributed by atoms with Gasteiger partial charge >= 0.3 is 0 Å². The van der Waals surface area contributed by atoms with Crippen molar-refractivity contribution in [3.63, 3.8) is 0 Å². The fourth-order valence-corrected chi connectivity index (χ4v) is 5.06. The number of nitrogens with one attached hydrogen (secondary N) is 3. The van der Waals surface area contributed by atoms with Crippen molar-refractivity contribution in [1.29, 1.82) is 0 Å². The van der Waals surface area contributed by atoms with E-state index in [4.69, 9.17) is 14.2 Å². The Morgan fingerprint density at radius 3 is 2.51 bits per heavy atom. The lowest BCUT2D eigenvalue weighted by Gasteiger charge is -2.58. The van der Waals surface area contributed by atoms with Crippen LogP contribution in [-0.2, 0) is 25.4 Å². The molecule has 14 heteroatoms. The molecular formula is C21H31N5O9. The zero-order valence-corrected chi connectivity index (χ0v) is 19.5. The van der Waals surface area contributed by atoms with Gasteiger partial charge in [-0.05, 0) is 33.5 Å². The predicted octanol–water partition coefficient (Wildman–Crippen LogP) is -2.46. The Hall–Kier alpha value is -2.30. The number of amides is 1. The van der Waals surface area contributed by atoms with Crippen LogP contribution in [0, 0.1) is 10.1 Å². The molecule has 3 heterocycles. The largest absolute Gasteiger partial charge is 0.390 e. The number of nitro groups is 1. The van der Waals surface area contributed by atoms with Crippen LogP contribution in [0.25, 0.3) is 0 Å². The van der Waals surface area contributed by atoms with Crippen LogP contribution < -0.4 is 16.0 Å². The fraction of sp³-hybridized carbons (Fsp3) is 0.714. The fourth-order valence-electron chi connectivity index (χ4n) is 5.06. The van der Waals surface area contributed by atoms with E-state index in [1.165, 1.54) is 12.1 Å². The van der Waals surface area contributed by atoms with Gasteiger partial charge in [0.05, 0.1) is 47.4 Å². The highest BCUT2D eigenvalue weighted by atomic mass is 16.8. The van der Waals surface area contributed by atoms with Crippen LogP contribution >= 0.6 is 0 Å². The van der Waals surface area contributed by atoms with Crippen molar-refractivity contribution in [2.45, 2.75) is 80.5 Å². The van der Waals surface area contributed by atoms with Crippen molar-refractivity contribution >= 4 is 11.6 Å². The summed E-state index contributed by atoms with van der Waals surface area (Å²) in [5, 5.41) is 52.5. The van der Waals surface area contributed by atoms with Gasteiger partial charge in [0.15, 0.2) is 0 Å². The van der Waals surface area contributed by atoms with Crippen molar-refractivity contribution in [3.05, 3.63) is 34.1 Å². The lowest BCUT2D eigenvalue weighted by molar-refractivity contribution is -0.449. The molecule has 14 nitrogen and oxygen atoms in total. The van der Waals surface area contributed by atoms with Crippen molar-refractivity contribution in [2.24, 2.45) is 0 Å². The van der Waals surface area contributed by atoms with Crippen molar-refractivity contribution in [2.75, 3.05) is 14.1 Å². The molecular weight excluding hydrogens is 466 g/mol. The maximum atomic E-state index is 12.8. The summed E-state index contributed by atoms with van der Waals surface area (Å²) in [5.41, 5.74) is 0.118. The van der Waals surface area contributed by atoms with E-state index in [9.17, 15) is 30.2 Å². The number of likely N-dealkylation sites (N-methyl/N-ethyl adjacent to an activating group) is 2. The Balaban J connectivity index is 1.52. The third-order valence-electron chi connectivity index (χ3n) is 6.85. The molecule has 1 saturated carbocycles. The second kappa shape index (κ2) is 9.99. The second-order valence-electron chi connectivity index (χ2n) is 9.12. The number of hydrogen-bond donors (Lipinski definition) is 6. The molecule has 3 aliphatic rings. The number of carbonyl (C=O) groups excluding carboxylic acids is 1. The maximum Gasteiger partial charge on any atom is 0.287 e. The van der Waals surface area contributed by atoms with Crippen LogP contribution in [-0.4, -0.2) is 106 Å². The predicted molar refractivity (Wildman–Crippen MR) is 118 cm³/mol. The zero-order chi connectivity index (χ0) is 25.5. The van der Waals surface area contributed by atoms with Gasteiger partial charge < -0.3 is 45.5 Å². The molecule has 0 radical (unpaired) electrons. The van der Waals surface area contributed by atoms with E-state index in [0.717, 1.165) is 6.20 Å². The minimum atomic E-state index is -2.10. The molecule has 3 fully saturated rings. The van der Waals surface area contributed by atoms with E-state index in [1.807, 2.05) is 0 Å². The van der Waals surface area contributed by atoms with Gasteiger partial charge in [-0.1, -0.05) is 0 Å². The van der Waals surface area contributed by atoms with E-state index in [1.54, 1.807) is 21.0 Å². The SMILES string of the molecule is CN[C@@H]1[C@H](O)[C@H](NC)C2O[C@]3(O)C(OC2[C@H]1O)O[C@H](C)C[C@H]3NC(=O)Cc1ccc([N+](=O)[O-])cn1. The monoisotopic (exact) mass is 497 g/mol. The molecule has 10 atom stereocenters. The zero-order valence-electron chi connectivity index (χ0n) is 19.5. The van der Waals surface area contributed by atoms with Crippen LogP contribution in [0.1, 0.15) is 19.0 Å². The van der Waals surface area contributed by atoms with Crippen LogP contribution in [0.3, 0.4) is 0 Å². The van der Waals surface area contributed by atoms with E-state index in [-0.39, 0.29) is 18.5 Å². The second-order valence-corrected chi connectivity index (χ2v) is 9.12. The molecule has 3 unspecified atom stereocenters. The maximum absolute atomic E-state index is 12.8. The van der Waals surface area contributed by atoms with Crippen LogP contribution in [0.15, 0.2) is 18.3 Å². The van der Waals surface area contributed by atoms with Crippen molar-refractivity contribution in [1.82, 2.24) is 20.9 Å². The molecule has 4 rings (SSSR count). The van der Waals surface area contributed by atoms with Crippen LogP contribution in [0.4, 0.5) is 5.69 Å². The Morgan fingerprint density at radius 1 is 1.20 bits per heavy atom. The lowest BCUT2D eigenvalue weighted by Crippen LogP contribution is -2.79. The number of nitrogens with zero attached hydrogens (tertiary/aromatic N) is 2. The van der Waals surface area contributed by atoms with Crippen molar-refractivity contribution < 1.29 is 39.2 Å². The number of ether oxygens (including phenoxy) is 3. The third kappa shape index (κ3) is 4.75. The van der Waals surface area contributed by atoms with Gasteiger partial charge in [0.1, 0.15) is 24.5 Å². The summed E-state index contributed by atoms with van der Waals surface area (Å²) in [6, 6.07) is 0.272. The summed E-state index contributed by atoms with van der Waals surface area (Å²) in [6.45, 7) is 1.75. The average molecular weight is 498 g/mol. The van der Waals surface area contributed by atoms with Crippen LogP contribution in [0.2, 0.25) is 0 Å². The molecule has 1 aliphatic carbocycles. The molecule has 35 heavy (non-hydrogen) atoms. The highest BCUT2D eigenvalue weighted by molar-refractivity contribution is 5.78. The molecule has 1 aromatic rings. The molecule has 2 saturated heterocycles. The number of aliphatic hydroxyl groups is 3. The standard InChI is InChI=1S/C21H31N5O9/c1-9-6-12(25-13(27)7-10-4-5-11(8-24-10)26(31)32)21(30)20(33-9)34-19-17(29)14(22-2)16(28)15(23-3)18(19)35-21/h4-5,8-9,12,14-20,22-23,28-30H,6-7H2,1-3H3,(H,25,27)/t9-,12-,14-,15+,16+,17+,18?,19?,20?,21+/m1/s1. The topological polar surface area (TPSA) is 198 Å². The lowest BCUT2D eigenvalue weighted by atomic mass is 9.79. The van der Waals surface area contributed by atoms with Gasteiger partial charge in [-0.3, -0.25) is 19.9 Å². The quantitative estimate of drug-likeness (QED) is 0.179.